The molecule has 0 radical (unpaired) electrons. The molecule has 100 valence electrons. The second-order valence-electron chi connectivity index (χ2n) is 4.68. The van der Waals surface area contributed by atoms with E-state index in [0.717, 1.165) is 17.5 Å². The lowest BCUT2D eigenvalue weighted by molar-refractivity contribution is 0.0165. The van der Waals surface area contributed by atoms with Crippen molar-refractivity contribution in [3.63, 3.8) is 0 Å². The Balaban J connectivity index is 2.00. The van der Waals surface area contributed by atoms with Crippen LogP contribution in [0.1, 0.15) is 28.8 Å². The van der Waals surface area contributed by atoms with Gasteiger partial charge in [0.05, 0.1) is 12.6 Å². The van der Waals surface area contributed by atoms with Gasteiger partial charge >= 0.3 is 0 Å². The van der Waals surface area contributed by atoms with Crippen LogP contribution in [0.5, 0.6) is 0 Å². The number of halogens is 1. The molecule has 4 heteroatoms. The fourth-order valence-corrected chi connectivity index (χ4v) is 4.26. The van der Waals surface area contributed by atoms with Crippen LogP contribution in [-0.2, 0) is 11.2 Å². The Morgan fingerprint density at radius 2 is 2.21 bits per heavy atom. The third-order valence-electron chi connectivity index (χ3n) is 3.62. The van der Waals surface area contributed by atoms with Crippen molar-refractivity contribution in [1.29, 1.82) is 0 Å². The van der Waals surface area contributed by atoms with Gasteiger partial charge in [-0.15, -0.1) is 0 Å². The maximum atomic E-state index is 6.06. The highest BCUT2D eigenvalue weighted by molar-refractivity contribution is 9.10. The lowest BCUT2D eigenvalue weighted by atomic mass is 9.91. The molecule has 1 aliphatic heterocycles. The molecule has 0 fully saturated rings. The summed E-state index contributed by atoms with van der Waals surface area (Å²) in [7, 11) is 2.00. The summed E-state index contributed by atoms with van der Waals surface area (Å²) < 4.78 is 7.21. The third-order valence-corrected chi connectivity index (χ3v) is 5.37. The summed E-state index contributed by atoms with van der Waals surface area (Å²) >= 11 is 5.34. The van der Waals surface area contributed by atoms with Gasteiger partial charge in [0.2, 0.25) is 0 Å². The highest BCUT2D eigenvalue weighted by Gasteiger charge is 2.30. The Morgan fingerprint density at radius 3 is 2.95 bits per heavy atom. The van der Waals surface area contributed by atoms with Gasteiger partial charge in [-0.3, -0.25) is 0 Å². The molecule has 1 aromatic heterocycles. The molecule has 0 spiro atoms. The van der Waals surface area contributed by atoms with Crippen molar-refractivity contribution < 1.29 is 4.74 Å². The van der Waals surface area contributed by atoms with E-state index in [1.54, 1.807) is 11.3 Å². The predicted molar refractivity (Wildman–Crippen MR) is 82.7 cm³/mol. The average molecular weight is 338 g/mol. The van der Waals surface area contributed by atoms with E-state index in [0.29, 0.717) is 0 Å². The van der Waals surface area contributed by atoms with Gasteiger partial charge in [-0.25, -0.2) is 0 Å². The van der Waals surface area contributed by atoms with Gasteiger partial charge in [-0.05, 0) is 51.5 Å². The Labute approximate surface area is 125 Å². The standard InChI is InChI=1S/C15H16BrNOS/c1-17-14(12-8-19-9-13(12)16)15-11-5-3-2-4-10(11)6-7-18-15/h2-5,8-9,14-15,17H,6-7H2,1H3. The fourth-order valence-electron chi connectivity index (χ4n) is 2.68. The number of benzene rings is 1. The zero-order chi connectivity index (χ0) is 13.2. The molecule has 2 heterocycles. The van der Waals surface area contributed by atoms with Gasteiger partial charge < -0.3 is 10.1 Å². The predicted octanol–water partition coefficient (Wildman–Crippen LogP) is 4.09. The summed E-state index contributed by atoms with van der Waals surface area (Å²) in [4.78, 5) is 0. The van der Waals surface area contributed by atoms with Crippen LogP contribution >= 0.6 is 27.3 Å². The molecule has 0 saturated heterocycles. The van der Waals surface area contributed by atoms with Crippen molar-refractivity contribution in [3.8, 4) is 0 Å². The number of nitrogens with one attached hydrogen (secondary N) is 1. The fraction of sp³-hybridized carbons (Fsp3) is 0.333. The van der Waals surface area contributed by atoms with Crippen LogP contribution in [-0.4, -0.2) is 13.7 Å². The summed E-state index contributed by atoms with van der Waals surface area (Å²) in [5.41, 5.74) is 3.99. The van der Waals surface area contributed by atoms with E-state index in [1.165, 1.54) is 16.7 Å². The van der Waals surface area contributed by atoms with E-state index < -0.39 is 0 Å². The molecule has 19 heavy (non-hydrogen) atoms. The summed E-state index contributed by atoms with van der Waals surface area (Å²) in [6.45, 7) is 0.793. The van der Waals surface area contributed by atoms with Gasteiger partial charge in [0.25, 0.3) is 0 Å². The molecule has 2 atom stereocenters. The maximum Gasteiger partial charge on any atom is 0.102 e. The quantitative estimate of drug-likeness (QED) is 0.910. The molecule has 0 saturated carbocycles. The number of rotatable bonds is 3. The number of ether oxygens (including phenoxy) is 1. The van der Waals surface area contributed by atoms with Gasteiger partial charge in [-0.1, -0.05) is 24.3 Å². The van der Waals surface area contributed by atoms with Crippen LogP contribution in [0.25, 0.3) is 0 Å². The monoisotopic (exact) mass is 337 g/mol. The number of fused-ring (bicyclic) bond motifs is 1. The Morgan fingerprint density at radius 1 is 1.37 bits per heavy atom. The first-order valence-corrected chi connectivity index (χ1v) is 8.13. The van der Waals surface area contributed by atoms with E-state index in [4.69, 9.17) is 4.74 Å². The molecule has 1 N–H and O–H groups in total. The first kappa shape index (κ1) is 13.3. The smallest absolute Gasteiger partial charge is 0.102 e. The zero-order valence-corrected chi connectivity index (χ0v) is 13.1. The second-order valence-corrected chi connectivity index (χ2v) is 6.28. The van der Waals surface area contributed by atoms with Crippen molar-refractivity contribution in [2.24, 2.45) is 0 Å². The maximum absolute atomic E-state index is 6.06. The number of hydrogen-bond acceptors (Lipinski definition) is 3. The van der Waals surface area contributed by atoms with Crippen LogP contribution < -0.4 is 5.32 Å². The zero-order valence-electron chi connectivity index (χ0n) is 10.7. The van der Waals surface area contributed by atoms with Crippen LogP contribution in [0, 0.1) is 0 Å². The van der Waals surface area contributed by atoms with Crippen molar-refractivity contribution in [2.75, 3.05) is 13.7 Å². The molecule has 0 bridgehead atoms. The van der Waals surface area contributed by atoms with Crippen LogP contribution in [0.15, 0.2) is 39.5 Å². The summed E-state index contributed by atoms with van der Waals surface area (Å²) in [5, 5.41) is 7.71. The van der Waals surface area contributed by atoms with Crippen molar-refractivity contribution >= 4 is 27.3 Å². The molecule has 3 rings (SSSR count). The normalized spacial score (nSPS) is 20.0. The van der Waals surface area contributed by atoms with Crippen molar-refractivity contribution in [1.82, 2.24) is 5.32 Å². The molecule has 2 unspecified atom stereocenters. The highest BCUT2D eigenvalue weighted by atomic mass is 79.9. The first-order chi connectivity index (χ1) is 9.31. The Kier molecular flexibility index (Phi) is 4.03. The van der Waals surface area contributed by atoms with Crippen molar-refractivity contribution in [3.05, 3.63) is 56.2 Å². The first-order valence-electron chi connectivity index (χ1n) is 6.39. The molecule has 2 aromatic rings. The molecule has 0 aliphatic carbocycles. The summed E-state index contributed by atoms with van der Waals surface area (Å²) in [6.07, 6.45) is 1.09. The van der Waals surface area contributed by atoms with Gasteiger partial charge in [0.1, 0.15) is 6.10 Å². The molecule has 1 aliphatic rings. The molecular formula is C15H16BrNOS. The lowest BCUT2D eigenvalue weighted by Gasteiger charge is -2.32. The van der Waals surface area contributed by atoms with E-state index >= 15 is 0 Å². The van der Waals surface area contributed by atoms with E-state index in [9.17, 15) is 0 Å². The van der Waals surface area contributed by atoms with E-state index in [1.807, 2.05) is 7.05 Å². The SMILES string of the molecule is CNC(c1cscc1Br)C1OCCc2ccccc21. The molecule has 1 aromatic carbocycles. The summed E-state index contributed by atoms with van der Waals surface area (Å²) in [6, 6.07) is 8.78. The minimum absolute atomic E-state index is 0.0841. The topological polar surface area (TPSA) is 21.3 Å². The Hall–Kier alpha value is -0.680. The van der Waals surface area contributed by atoms with Gasteiger partial charge in [0.15, 0.2) is 0 Å². The number of hydrogen-bond donors (Lipinski definition) is 1. The highest BCUT2D eigenvalue weighted by Crippen LogP contribution is 2.40. The minimum atomic E-state index is 0.0841. The third kappa shape index (κ3) is 2.50. The minimum Gasteiger partial charge on any atom is -0.371 e. The number of thiophene rings is 1. The Bertz CT molecular complexity index is 569. The second kappa shape index (κ2) is 5.75. The molecule has 2 nitrogen and oxygen atoms in total. The van der Waals surface area contributed by atoms with Crippen LogP contribution in [0.2, 0.25) is 0 Å². The molecule has 0 amide bonds. The lowest BCUT2D eigenvalue weighted by Crippen LogP contribution is -2.29. The number of likely N-dealkylation sites (N-methyl/N-ethyl adjacent to an activating group) is 1. The average Bonchev–Trinajstić information content (AvgIpc) is 2.86. The van der Waals surface area contributed by atoms with Crippen molar-refractivity contribution in [2.45, 2.75) is 18.6 Å². The summed E-state index contributed by atoms with van der Waals surface area (Å²) in [5.74, 6) is 0. The van der Waals surface area contributed by atoms with Crippen LogP contribution in [0.3, 0.4) is 0 Å². The van der Waals surface area contributed by atoms with Crippen LogP contribution in [0.4, 0.5) is 0 Å². The van der Waals surface area contributed by atoms with E-state index in [2.05, 4.69) is 56.3 Å². The van der Waals surface area contributed by atoms with Gasteiger partial charge in [0, 0.05) is 9.85 Å². The largest absolute Gasteiger partial charge is 0.371 e. The molecular weight excluding hydrogens is 322 g/mol. The van der Waals surface area contributed by atoms with E-state index in [-0.39, 0.29) is 12.1 Å². The van der Waals surface area contributed by atoms with Gasteiger partial charge in [-0.2, -0.15) is 11.3 Å².